The molecule has 0 aliphatic heterocycles. The lowest BCUT2D eigenvalue weighted by atomic mass is 9.82. The number of carboxylic acid groups (broad SMARTS) is 1. The Morgan fingerprint density at radius 2 is 1.86 bits per heavy atom. The van der Waals surface area contributed by atoms with Crippen LogP contribution in [0.2, 0.25) is 0 Å². The van der Waals surface area contributed by atoms with E-state index in [-0.39, 0.29) is 16.7 Å². The zero-order valence-electron chi connectivity index (χ0n) is 12.7. The Labute approximate surface area is 130 Å². The van der Waals surface area contributed by atoms with Crippen LogP contribution in [0, 0.1) is 11.8 Å². The van der Waals surface area contributed by atoms with Gasteiger partial charge in [-0.1, -0.05) is 6.42 Å². The second-order valence-corrected chi connectivity index (χ2v) is 7.63. The standard InChI is InChI=1S/C15H26N2O3S/c1-21-15(7-2-8-15)10-17-14(20)16-9-11-3-5-12(6-4-11)13(18)19/h11-12H,2-10H2,1H3,(H,18,19)(H2,16,17,20). The smallest absolute Gasteiger partial charge is 0.314 e. The van der Waals surface area contributed by atoms with Crippen LogP contribution in [0.4, 0.5) is 4.79 Å². The van der Waals surface area contributed by atoms with E-state index in [2.05, 4.69) is 16.9 Å². The molecule has 0 aromatic rings. The number of rotatable bonds is 6. The molecule has 120 valence electrons. The van der Waals surface area contributed by atoms with Crippen molar-refractivity contribution in [1.29, 1.82) is 0 Å². The summed E-state index contributed by atoms with van der Waals surface area (Å²) < 4.78 is 0.261. The van der Waals surface area contributed by atoms with E-state index in [9.17, 15) is 9.59 Å². The van der Waals surface area contributed by atoms with E-state index in [1.54, 1.807) is 0 Å². The van der Waals surface area contributed by atoms with Gasteiger partial charge in [-0.25, -0.2) is 4.79 Å². The number of hydrogen-bond acceptors (Lipinski definition) is 3. The van der Waals surface area contributed by atoms with Crippen molar-refractivity contribution in [3.63, 3.8) is 0 Å². The first-order valence-electron chi connectivity index (χ1n) is 7.84. The predicted octanol–water partition coefficient (Wildman–Crippen LogP) is 2.46. The molecule has 6 heteroatoms. The van der Waals surface area contributed by atoms with Gasteiger partial charge >= 0.3 is 12.0 Å². The van der Waals surface area contributed by atoms with E-state index in [1.165, 1.54) is 19.3 Å². The van der Waals surface area contributed by atoms with Gasteiger partial charge in [-0.2, -0.15) is 11.8 Å². The van der Waals surface area contributed by atoms with Crippen molar-refractivity contribution < 1.29 is 14.7 Å². The largest absolute Gasteiger partial charge is 0.481 e. The van der Waals surface area contributed by atoms with Gasteiger partial charge in [-0.05, 0) is 50.7 Å². The number of amides is 2. The molecule has 5 nitrogen and oxygen atoms in total. The van der Waals surface area contributed by atoms with Gasteiger partial charge in [0, 0.05) is 17.8 Å². The average molecular weight is 314 g/mol. The number of carboxylic acids is 1. The predicted molar refractivity (Wildman–Crippen MR) is 84.6 cm³/mol. The van der Waals surface area contributed by atoms with E-state index in [1.807, 2.05) is 11.8 Å². The van der Waals surface area contributed by atoms with Gasteiger partial charge in [0.2, 0.25) is 0 Å². The molecule has 0 saturated heterocycles. The van der Waals surface area contributed by atoms with Crippen LogP contribution in [-0.4, -0.2) is 41.2 Å². The van der Waals surface area contributed by atoms with Crippen molar-refractivity contribution in [2.75, 3.05) is 19.3 Å². The highest BCUT2D eigenvalue weighted by Crippen LogP contribution is 2.42. The Kier molecular flexibility index (Phi) is 5.79. The molecule has 2 fully saturated rings. The van der Waals surface area contributed by atoms with Crippen LogP contribution in [0.1, 0.15) is 44.9 Å². The Morgan fingerprint density at radius 3 is 2.33 bits per heavy atom. The summed E-state index contributed by atoms with van der Waals surface area (Å²) in [5.74, 6) is -0.443. The van der Waals surface area contributed by atoms with Gasteiger partial charge in [0.15, 0.2) is 0 Å². The molecule has 21 heavy (non-hydrogen) atoms. The van der Waals surface area contributed by atoms with Crippen molar-refractivity contribution in [1.82, 2.24) is 10.6 Å². The van der Waals surface area contributed by atoms with E-state index in [4.69, 9.17) is 5.11 Å². The number of carbonyl (C=O) groups excluding carboxylic acids is 1. The quantitative estimate of drug-likeness (QED) is 0.704. The second kappa shape index (κ2) is 7.38. The maximum absolute atomic E-state index is 11.8. The molecule has 2 aliphatic rings. The molecule has 0 bridgehead atoms. The number of hydrogen-bond donors (Lipinski definition) is 3. The van der Waals surface area contributed by atoms with Gasteiger partial charge in [0.25, 0.3) is 0 Å². The monoisotopic (exact) mass is 314 g/mol. The number of thioether (sulfide) groups is 1. The van der Waals surface area contributed by atoms with Crippen molar-refractivity contribution in [3.8, 4) is 0 Å². The van der Waals surface area contributed by atoms with Gasteiger partial charge < -0.3 is 15.7 Å². The Hall–Kier alpha value is -0.910. The summed E-state index contributed by atoms with van der Waals surface area (Å²) in [7, 11) is 0. The molecule has 0 unspecified atom stereocenters. The number of nitrogens with one attached hydrogen (secondary N) is 2. The van der Waals surface area contributed by atoms with Crippen LogP contribution >= 0.6 is 11.8 Å². The molecular formula is C15H26N2O3S. The molecule has 0 radical (unpaired) electrons. The number of aliphatic carboxylic acids is 1. The topological polar surface area (TPSA) is 78.4 Å². The highest BCUT2D eigenvalue weighted by Gasteiger charge is 2.36. The third kappa shape index (κ3) is 4.53. The normalized spacial score (nSPS) is 27.5. The maximum atomic E-state index is 11.8. The first-order chi connectivity index (χ1) is 10.0. The Bertz CT molecular complexity index is 372. The lowest BCUT2D eigenvalue weighted by Gasteiger charge is -2.40. The van der Waals surface area contributed by atoms with E-state index >= 15 is 0 Å². The molecule has 0 aromatic carbocycles. The highest BCUT2D eigenvalue weighted by atomic mass is 32.2. The Morgan fingerprint density at radius 1 is 1.19 bits per heavy atom. The van der Waals surface area contributed by atoms with Gasteiger partial charge in [0.1, 0.15) is 0 Å². The molecule has 0 heterocycles. The molecule has 0 atom stereocenters. The van der Waals surface area contributed by atoms with Crippen molar-refractivity contribution in [2.45, 2.75) is 49.7 Å². The van der Waals surface area contributed by atoms with E-state index in [0.29, 0.717) is 12.5 Å². The van der Waals surface area contributed by atoms with Crippen LogP contribution in [-0.2, 0) is 4.79 Å². The molecule has 2 amide bonds. The Balaban J connectivity index is 1.60. The van der Waals surface area contributed by atoms with Gasteiger partial charge in [0.05, 0.1) is 5.92 Å². The summed E-state index contributed by atoms with van der Waals surface area (Å²) in [6.45, 7) is 1.40. The third-order valence-electron chi connectivity index (χ3n) is 5.02. The molecule has 2 aliphatic carbocycles. The van der Waals surface area contributed by atoms with Crippen LogP contribution in [0.3, 0.4) is 0 Å². The molecule has 3 N–H and O–H groups in total. The molecule has 2 saturated carbocycles. The van der Waals surface area contributed by atoms with Crippen LogP contribution in [0.5, 0.6) is 0 Å². The summed E-state index contributed by atoms with van der Waals surface area (Å²) in [6, 6.07) is -0.0873. The fraction of sp³-hybridized carbons (Fsp3) is 0.867. The summed E-state index contributed by atoms with van der Waals surface area (Å²) in [4.78, 5) is 22.7. The van der Waals surface area contributed by atoms with Gasteiger partial charge in [-0.3, -0.25) is 4.79 Å². The summed E-state index contributed by atoms with van der Waals surface area (Å²) in [5, 5.41) is 14.9. The fourth-order valence-corrected chi connectivity index (χ4v) is 4.09. The number of urea groups is 1. The second-order valence-electron chi connectivity index (χ2n) is 6.36. The van der Waals surface area contributed by atoms with Crippen molar-refractivity contribution >= 4 is 23.8 Å². The van der Waals surface area contributed by atoms with E-state index < -0.39 is 5.97 Å². The fourth-order valence-electron chi connectivity index (χ4n) is 3.18. The minimum atomic E-state index is -0.679. The van der Waals surface area contributed by atoms with Crippen LogP contribution in [0.15, 0.2) is 0 Å². The maximum Gasteiger partial charge on any atom is 0.314 e. The summed E-state index contributed by atoms with van der Waals surface area (Å²) in [5.41, 5.74) is 0. The SMILES string of the molecule is CSC1(CNC(=O)NCC2CCC(C(=O)O)CC2)CCC1. The lowest BCUT2D eigenvalue weighted by Crippen LogP contribution is -2.48. The zero-order valence-corrected chi connectivity index (χ0v) is 13.5. The van der Waals surface area contributed by atoms with Crippen molar-refractivity contribution in [3.05, 3.63) is 0 Å². The molecule has 2 rings (SSSR count). The minimum Gasteiger partial charge on any atom is -0.481 e. The average Bonchev–Trinajstić information content (AvgIpc) is 2.45. The van der Waals surface area contributed by atoms with Crippen molar-refractivity contribution in [2.24, 2.45) is 11.8 Å². The van der Waals surface area contributed by atoms with Crippen LogP contribution in [0.25, 0.3) is 0 Å². The highest BCUT2D eigenvalue weighted by molar-refractivity contribution is 8.00. The molecular weight excluding hydrogens is 288 g/mol. The summed E-state index contributed by atoms with van der Waals surface area (Å²) in [6.07, 6.45) is 9.01. The van der Waals surface area contributed by atoms with E-state index in [0.717, 1.165) is 32.2 Å². The first-order valence-corrected chi connectivity index (χ1v) is 9.07. The van der Waals surface area contributed by atoms with Gasteiger partial charge in [-0.15, -0.1) is 0 Å². The van der Waals surface area contributed by atoms with Crippen LogP contribution < -0.4 is 10.6 Å². The molecule has 0 aromatic heterocycles. The third-order valence-corrected chi connectivity index (χ3v) is 6.43. The lowest BCUT2D eigenvalue weighted by molar-refractivity contribution is -0.143. The molecule has 0 spiro atoms. The number of carbonyl (C=O) groups is 2. The zero-order chi connectivity index (χ0) is 15.3. The minimum absolute atomic E-state index is 0.0873. The first kappa shape index (κ1) is 16.5. The summed E-state index contributed by atoms with van der Waals surface area (Å²) >= 11 is 1.85.